The van der Waals surface area contributed by atoms with Crippen molar-refractivity contribution < 1.29 is 22.6 Å². The summed E-state index contributed by atoms with van der Waals surface area (Å²) in [6.07, 6.45) is 1.51. The second-order valence-electron chi connectivity index (χ2n) is 7.67. The maximum absolute atomic E-state index is 13.9. The second kappa shape index (κ2) is 10.5. The molecule has 0 atom stereocenters. The van der Waals surface area contributed by atoms with Crippen molar-refractivity contribution in [2.24, 2.45) is 4.99 Å². The van der Waals surface area contributed by atoms with Gasteiger partial charge in [0, 0.05) is 44.3 Å². The first-order chi connectivity index (χ1) is 14.9. The molecule has 0 bridgehead atoms. The highest BCUT2D eigenvalue weighted by atomic mass is 19.3. The van der Waals surface area contributed by atoms with Crippen LogP contribution in [0.4, 0.5) is 13.2 Å². The third kappa shape index (κ3) is 6.13. The van der Waals surface area contributed by atoms with E-state index in [4.69, 9.17) is 4.74 Å². The Balaban J connectivity index is 1.69. The predicted octanol–water partition coefficient (Wildman–Crippen LogP) is 4.15. The Morgan fingerprint density at radius 3 is 2.61 bits per heavy atom. The third-order valence-corrected chi connectivity index (χ3v) is 5.58. The largest absolute Gasteiger partial charge is 0.434 e. The Bertz CT molecular complexity index is 899. The van der Waals surface area contributed by atoms with Crippen molar-refractivity contribution in [3.8, 4) is 5.75 Å². The fourth-order valence-electron chi connectivity index (χ4n) is 3.86. The van der Waals surface area contributed by atoms with Gasteiger partial charge in [0.1, 0.15) is 11.6 Å². The Morgan fingerprint density at radius 2 is 1.94 bits per heavy atom. The average Bonchev–Trinajstić information content (AvgIpc) is 2.76. The van der Waals surface area contributed by atoms with E-state index in [1.165, 1.54) is 12.1 Å². The predicted molar refractivity (Wildman–Crippen MR) is 114 cm³/mol. The summed E-state index contributed by atoms with van der Waals surface area (Å²) in [6.45, 7) is 0.992. The number of rotatable bonds is 7. The van der Waals surface area contributed by atoms with E-state index in [9.17, 15) is 13.2 Å². The van der Waals surface area contributed by atoms with Crippen molar-refractivity contribution in [3.05, 3.63) is 65.0 Å². The van der Waals surface area contributed by atoms with Crippen LogP contribution < -0.4 is 15.4 Å². The number of hydrogen-bond donors (Lipinski definition) is 2. The molecule has 31 heavy (non-hydrogen) atoms. The van der Waals surface area contributed by atoms with Gasteiger partial charge < -0.3 is 20.1 Å². The molecule has 0 saturated carbocycles. The molecule has 1 fully saturated rings. The number of nitrogens with one attached hydrogen (secondary N) is 2. The fraction of sp³-hybridized carbons (Fsp3) is 0.435. The Kier molecular flexibility index (Phi) is 7.79. The number of nitrogens with zero attached hydrogens (tertiary/aromatic N) is 1. The van der Waals surface area contributed by atoms with Gasteiger partial charge in [-0.05, 0) is 43.5 Å². The van der Waals surface area contributed by atoms with Crippen molar-refractivity contribution >= 4 is 5.96 Å². The molecule has 0 amide bonds. The summed E-state index contributed by atoms with van der Waals surface area (Å²) in [5, 5.41) is 6.47. The lowest BCUT2D eigenvalue weighted by Gasteiger charge is -2.38. The molecule has 0 aliphatic carbocycles. The molecule has 3 rings (SSSR count). The first-order valence-electron chi connectivity index (χ1n) is 10.2. The normalized spacial score (nSPS) is 16.3. The minimum atomic E-state index is -2.89. The van der Waals surface area contributed by atoms with Crippen molar-refractivity contribution in [1.82, 2.24) is 10.6 Å². The molecule has 1 aliphatic rings. The third-order valence-electron chi connectivity index (χ3n) is 5.58. The fourth-order valence-corrected chi connectivity index (χ4v) is 3.86. The molecule has 1 saturated heterocycles. The van der Waals surface area contributed by atoms with Gasteiger partial charge in [-0.15, -0.1) is 0 Å². The summed E-state index contributed by atoms with van der Waals surface area (Å²) in [5.41, 5.74) is 2.18. The van der Waals surface area contributed by atoms with E-state index in [0.29, 0.717) is 31.3 Å². The monoisotopic (exact) mass is 435 g/mol. The Morgan fingerprint density at radius 1 is 1.16 bits per heavy atom. The number of aliphatic imine (C=N–C) groups is 1. The minimum Gasteiger partial charge on any atom is -0.434 e. The van der Waals surface area contributed by atoms with Crippen LogP contribution in [0.3, 0.4) is 0 Å². The van der Waals surface area contributed by atoms with Gasteiger partial charge in [-0.25, -0.2) is 4.39 Å². The zero-order valence-electron chi connectivity index (χ0n) is 17.8. The van der Waals surface area contributed by atoms with Gasteiger partial charge in [0.25, 0.3) is 0 Å². The second-order valence-corrected chi connectivity index (χ2v) is 7.67. The van der Waals surface area contributed by atoms with Crippen LogP contribution in [0.15, 0.2) is 47.5 Å². The molecule has 1 heterocycles. The Labute approximate surface area is 180 Å². The van der Waals surface area contributed by atoms with Crippen LogP contribution >= 0.6 is 0 Å². The van der Waals surface area contributed by atoms with Crippen LogP contribution in [0.2, 0.25) is 0 Å². The van der Waals surface area contributed by atoms with Gasteiger partial charge in [0.2, 0.25) is 0 Å². The molecule has 2 aromatic rings. The van der Waals surface area contributed by atoms with Gasteiger partial charge in [0.05, 0.1) is 0 Å². The number of alkyl halides is 2. The highest BCUT2D eigenvalue weighted by molar-refractivity contribution is 5.79. The number of benzene rings is 2. The van der Waals surface area contributed by atoms with Crippen LogP contribution in [0.5, 0.6) is 5.75 Å². The summed E-state index contributed by atoms with van der Waals surface area (Å²) >= 11 is 0. The number of halogens is 3. The highest BCUT2D eigenvalue weighted by Gasteiger charge is 2.35. The molecular formula is C23H28F3N3O2. The van der Waals surface area contributed by atoms with E-state index in [-0.39, 0.29) is 23.5 Å². The van der Waals surface area contributed by atoms with Gasteiger partial charge in [-0.2, -0.15) is 8.78 Å². The number of ether oxygens (including phenoxy) is 2. The maximum atomic E-state index is 13.9. The molecular weight excluding hydrogens is 407 g/mol. The van der Waals surface area contributed by atoms with Crippen LogP contribution in [-0.2, 0) is 16.7 Å². The maximum Gasteiger partial charge on any atom is 0.387 e. The summed E-state index contributed by atoms with van der Waals surface area (Å²) in [5.74, 6) is 0.382. The van der Waals surface area contributed by atoms with Crippen LogP contribution in [0.25, 0.3) is 0 Å². The highest BCUT2D eigenvalue weighted by Crippen LogP contribution is 2.34. The van der Waals surface area contributed by atoms with E-state index < -0.39 is 6.61 Å². The molecule has 0 unspecified atom stereocenters. The number of aryl methyl sites for hydroxylation is 1. The molecule has 0 aromatic heterocycles. The first kappa shape index (κ1) is 22.9. The van der Waals surface area contributed by atoms with E-state index in [1.54, 1.807) is 31.3 Å². The average molecular weight is 435 g/mol. The van der Waals surface area contributed by atoms with E-state index in [0.717, 1.165) is 24.0 Å². The van der Waals surface area contributed by atoms with Crippen molar-refractivity contribution in [1.29, 1.82) is 0 Å². The lowest BCUT2D eigenvalue weighted by Crippen LogP contribution is -2.48. The molecule has 168 valence electrons. The zero-order chi connectivity index (χ0) is 22.3. The summed E-state index contributed by atoms with van der Waals surface area (Å²) in [6, 6.07) is 11.7. The zero-order valence-corrected chi connectivity index (χ0v) is 17.8. The standard InChI is InChI=1S/C23H28F3N3O2/c1-16-6-7-20(31-21(25)26)17(12-16)14-28-22(27-2)29-15-23(8-10-30-11-9-23)18-4-3-5-19(24)13-18/h3-7,12-13,21H,8-11,14-15H2,1-2H3,(H2,27,28,29). The van der Waals surface area contributed by atoms with Gasteiger partial charge >= 0.3 is 6.61 Å². The van der Waals surface area contributed by atoms with Crippen LogP contribution in [0, 0.1) is 12.7 Å². The van der Waals surface area contributed by atoms with Crippen LogP contribution in [-0.4, -0.2) is 39.4 Å². The van der Waals surface area contributed by atoms with Gasteiger partial charge in [-0.3, -0.25) is 4.99 Å². The van der Waals surface area contributed by atoms with Crippen molar-refractivity contribution in [3.63, 3.8) is 0 Å². The Hall–Kier alpha value is -2.74. The SMILES string of the molecule is CN=C(NCc1cc(C)ccc1OC(F)F)NCC1(c2cccc(F)c2)CCOCC1. The van der Waals surface area contributed by atoms with Crippen LogP contribution in [0.1, 0.15) is 29.5 Å². The molecule has 2 N–H and O–H groups in total. The van der Waals surface area contributed by atoms with Gasteiger partial charge in [-0.1, -0.05) is 29.8 Å². The topological polar surface area (TPSA) is 54.9 Å². The van der Waals surface area contributed by atoms with Crippen molar-refractivity contribution in [2.45, 2.75) is 38.3 Å². The molecule has 8 heteroatoms. The van der Waals surface area contributed by atoms with E-state index in [1.807, 2.05) is 13.0 Å². The summed E-state index contributed by atoms with van der Waals surface area (Å²) in [7, 11) is 1.64. The quantitative estimate of drug-likeness (QED) is 0.507. The first-order valence-corrected chi connectivity index (χ1v) is 10.2. The summed E-state index contributed by atoms with van der Waals surface area (Å²) in [4.78, 5) is 4.24. The van der Waals surface area contributed by atoms with E-state index in [2.05, 4.69) is 20.4 Å². The lowest BCUT2D eigenvalue weighted by atomic mass is 9.74. The summed E-state index contributed by atoms with van der Waals surface area (Å²) < 4.78 is 49.4. The molecule has 1 aliphatic heterocycles. The molecule has 2 aromatic carbocycles. The molecule has 0 spiro atoms. The van der Waals surface area contributed by atoms with E-state index >= 15 is 0 Å². The molecule has 5 nitrogen and oxygen atoms in total. The molecule has 0 radical (unpaired) electrons. The smallest absolute Gasteiger partial charge is 0.387 e. The lowest BCUT2D eigenvalue weighted by molar-refractivity contribution is -0.0504. The number of guanidine groups is 1. The number of hydrogen-bond acceptors (Lipinski definition) is 3. The van der Waals surface area contributed by atoms with Crippen molar-refractivity contribution in [2.75, 3.05) is 26.8 Å². The van der Waals surface area contributed by atoms with Gasteiger partial charge in [0.15, 0.2) is 5.96 Å². The minimum absolute atomic E-state index is 0.129.